The van der Waals surface area contributed by atoms with Gasteiger partial charge in [0.05, 0.1) is 6.07 Å². The lowest BCUT2D eigenvalue weighted by molar-refractivity contribution is -0.129. The van der Waals surface area contributed by atoms with Crippen LogP contribution < -0.4 is 10.1 Å². The quantitative estimate of drug-likeness (QED) is 0.746. The molecule has 1 aliphatic rings. The van der Waals surface area contributed by atoms with E-state index in [0.29, 0.717) is 29.7 Å². The van der Waals surface area contributed by atoms with Gasteiger partial charge in [0.1, 0.15) is 17.1 Å². The summed E-state index contributed by atoms with van der Waals surface area (Å²) in [6, 6.07) is 14.0. The second-order valence-electron chi connectivity index (χ2n) is 7.36. The maximum absolute atomic E-state index is 13.0. The van der Waals surface area contributed by atoms with Crippen molar-refractivity contribution in [1.29, 1.82) is 5.26 Å². The van der Waals surface area contributed by atoms with Gasteiger partial charge >= 0.3 is 0 Å². The Labute approximate surface area is 169 Å². The van der Waals surface area contributed by atoms with Gasteiger partial charge in [-0.2, -0.15) is 5.26 Å². The largest absolute Gasteiger partial charge is 0.481 e. The highest BCUT2D eigenvalue weighted by atomic mass is 19.1. The Bertz CT molecular complexity index is 911. The first-order valence-electron chi connectivity index (χ1n) is 9.73. The Morgan fingerprint density at radius 1 is 1.03 bits per heavy atom. The molecule has 3 rings (SSSR count). The van der Waals surface area contributed by atoms with Crippen LogP contribution in [0, 0.1) is 17.1 Å². The van der Waals surface area contributed by atoms with Crippen molar-refractivity contribution in [3.8, 4) is 11.8 Å². The van der Waals surface area contributed by atoms with Crippen LogP contribution in [0.3, 0.4) is 0 Å². The third kappa shape index (κ3) is 5.00. The van der Waals surface area contributed by atoms with E-state index in [-0.39, 0.29) is 11.7 Å². The summed E-state index contributed by atoms with van der Waals surface area (Å²) in [4.78, 5) is 24.9. The number of nitrogens with zero attached hydrogens (tertiary/aromatic N) is 1. The molecule has 2 aromatic carbocycles. The molecule has 1 saturated carbocycles. The minimum absolute atomic E-state index is 0.226. The second-order valence-corrected chi connectivity index (χ2v) is 7.36. The fourth-order valence-electron chi connectivity index (χ4n) is 3.47. The van der Waals surface area contributed by atoms with Crippen LogP contribution in [0.4, 0.5) is 4.39 Å². The van der Waals surface area contributed by atoms with Gasteiger partial charge in [0.25, 0.3) is 5.91 Å². The van der Waals surface area contributed by atoms with Crippen molar-refractivity contribution in [3.05, 3.63) is 65.5 Å². The average Bonchev–Trinajstić information content (AvgIpc) is 2.75. The highest BCUT2D eigenvalue weighted by molar-refractivity contribution is 6.09. The SMILES string of the molecule is C[C@@H](Oc1ccc(C(=O)c2ccc(F)cc2)cc1)C(=O)NC1(C#N)CCCCC1. The lowest BCUT2D eigenvalue weighted by Crippen LogP contribution is -2.52. The summed E-state index contributed by atoms with van der Waals surface area (Å²) in [6.45, 7) is 1.63. The van der Waals surface area contributed by atoms with Gasteiger partial charge in [-0.15, -0.1) is 0 Å². The van der Waals surface area contributed by atoms with Crippen LogP contribution in [-0.2, 0) is 4.79 Å². The molecule has 150 valence electrons. The van der Waals surface area contributed by atoms with E-state index in [4.69, 9.17) is 4.74 Å². The van der Waals surface area contributed by atoms with Gasteiger partial charge in [0.2, 0.25) is 0 Å². The number of nitrogens with one attached hydrogen (secondary N) is 1. The number of amides is 1. The van der Waals surface area contributed by atoms with Crippen LogP contribution in [0.25, 0.3) is 0 Å². The maximum Gasteiger partial charge on any atom is 0.262 e. The Kier molecular flexibility index (Phi) is 6.28. The summed E-state index contributed by atoms with van der Waals surface area (Å²) >= 11 is 0. The van der Waals surface area contributed by atoms with Crippen LogP contribution in [-0.4, -0.2) is 23.3 Å². The van der Waals surface area contributed by atoms with Crippen molar-refractivity contribution < 1.29 is 18.7 Å². The molecule has 0 bridgehead atoms. The topological polar surface area (TPSA) is 79.2 Å². The van der Waals surface area contributed by atoms with Gasteiger partial charge < -0.3 is 10.1 Å². The van der Waals surface area contributed by atoms with Crippen LogP contribution in [0.1, 0.15) is 54.9 Å². The highest BCUT2D eigenvalue weighted by Gasteiger charge is 2.35. The van der Waals surface area contributed by atoms with E-state index in [2.05, 4.69) is 11.4 Å². The molecule has 1 atom stereocenters. The zero-order valence-corrected chi connectivity index (χ0v) is 16.3. The molecule has 0 unspecified atom stereocenters. The molecule has 0 aromatic heterocycles. The van der Waals surface area contributed by atoms with Crippen LogP contribution in [0.5, 0.6) is 5.75 Å². The van der Waals surface area contributed by atoms with E-state index in [9.17, 15) is 19.2 Å². The molecule has 0 aliphatic heterocycles. The molecule has 0 spiro atoms. The smallest absolute Gasteiger partial charge is 0.262 e. The number of hydrogen-bond donors (Lipinski definition) is 1. The number of benzene rings is 2. The molecular formula is C23H23FN2O3. The molecule has 1 amide bonds. The summed E-state index contributed by atoms with van der Waals surface area (Å²) < 4.78 is 18.7. The molecule has 29 heavy (non-hydrogen) atoms. The number of rotatable bonds is 6. The lowest BCUT2D eigenvalue weighted by Gasteiger charge is -2.32. The molecule has 1 fully saturated rings. The second kappa shape index (κ2) is 8.87. The highest BCUT2D eigenvalue weighted by Crippen LogP contribution is 2.28. The average molecular weight is 394 g/mol. The molecule has 6 heteroatoms. The van der Waals surface area contributed by atoms with E-state index in [1.54, 1.807) is 31.2 Å². The lowest BCUT2D eigenvalue weighted by atomic mass is 9.83. The Balaban J connectivity index is 1.61. The number of ether oxygens (including phenoxy) is 1. The van der Waals surface area contributed by atoms with Crippen LogP contribution in [0.15, 0.2) is 48.5 Å². The predicted molar refractivity (Wildman–Crippen MR) is 106 cm³/mol. The molecule has 0 heterocycles. The van der Waals surface area contributed by atoms with Crippen molar-refractivity contribution >= 4 is 11.7 Å². The first-order valence-corrected chi connectivity index (χ1v) is 9.73. The van der Waals surface area contributed by atoms with Crippen molar-refractivity contribution in [2.75, 3.05) is 0 Å². The van der Waals surface area contributed by atoms with Gasteiger partial charge in [0.15, 0.2) is 11.9 Å². The van der Waals surface area contributed by atoms with Gasteiger partial charge in [-0.05, 0) is 68.3 Å². The van der Waals surface area contributed by atoms with Crippen molar-refractivity contribution in [1.82, 2.24) is 5.32 Å². The predicted octanol–water partition coefficient (Wildman–Crippen LogP) is 4.17. The van der Waals surface area contributed by atoms with Crippen LogP contribution in [0.2, 0.25) is 0 Å². The molecule has 0 saturated heterocycles. The maximum atomic E-state index is 13.0. The molecular weight excluding hydrogens is 371 g/mol. The van der Waals surface area contributed by atoms with E-state index >= 15 is 0 Å². The minimum atomic E-state index is -0.807. The zero-order valence-electron chi connectivity index (χ0n) is 16.3. The fraction of sp³-hybridized carbons (Fsp3) is 0.348. The van der Waals surface area contributed by atoms with Gasteiger partial charge in [-0.25, -0.2) is 4.39 Å². The standard InChI is InChI=1S/C23H23FN2O3/c1-16(22(28)26-23(15-25)13-3-2-4-14-23)29-20-11-7-18(8-12-20)21(27)17-5-9-19(24)10-6-17/h5-12,16H,2-4,13-14H2,1H3,(H,26,28)/t16-/m1/s1. The summed E-state index contributed by atoms with van der Waals surface area (Å²) in [5.74, 6) is -0.516. The monoisotopic (exact) mass is 394 g/mol. The third-order valence-corrected chi connectivity index (χ3v) is 5.19. The fourth-order valence-corrected chi connectivity index (χ4v) is 3.47. The summed E-state index contributed by atoms with van der Waals surface area (Å²) in [7, 11) is 0. The third-order valence-electron chi connectivity index (χ3n) is 5.19. The van der Waals surface area contributed by atoms with Crippen molar-refractivity contribution in [2.45, 2.75) is 50.7 Å². The van der Waals surface area contributed by atoms with E-state index in [1.807, 2.05) is 0 Å². The van der Waals surface area contributed by atoms with Gasteiger partial charge in [0, 0.05) is 11.1 Å². The molecule has 1 aliphatic carbocycles. The number of carbonyl (C=O) groups excluding carboxylic acids is 2. The zero-order chi connectivity index (χ0) is 20.9. The summed E-state index contributed by atoms with van der Waals surface area (Å²) in [5, 5.41) is 12.3. The van der Waals surface area contributed by atoms with Crippen LogP contribution >= 0.6 is 0 Å². The summed E-state index contributed by atoms with van der Waals surface area (Å²) in [6.07, 6.45) is 3.46. The van der Waals surface area contributed by atoms with Crippen molar-refractivity contribution in [2.24, 2.45) is 0 Å². The van der Waals surface area contributed by atoms with E-state index < -0.39 is 17.5 Å². The van der Waals surface area contributed by atoms with Crippen molar-refractivity contribution in [3.63, 3.8) is 0 Å². The van der Waals surface area contributed by atoms with Gasteiger partial charge in [-0.3, -0.25) is 9.59 Å². The van der Waals surface area contributed by atoms with E-state index in [1.165, 1.54) is 24.3 Å². The molecule has 5 nitrogen and oxygen atoms in total. The number of ketones is 1. The Hall–Kier alpha value is -3.20. The molecule has 0 radical (unpaired) electrons. The Morgan fingerprint density at radius 3 is 2.14 bits per heavy atom. The summed E-state index contributed by atoms with van der Waals surface area (Å²) in [5.41, 5.74) is 0.0204. The first kappa shape index (κ1) is 20.5. The first-order chi connectivity index (χ1) is 13.9. The number of halogens is 1. The number of carbonyl (C=O) groups is 2. The molecule has 1 N–H and O–H groups in total. The van der Waals surface area contributed by atoms with E-state index in [0.717, 1.165) is 19.3 Å². The normalized spacial score (nSPS) is 16.3. The number of nitriles is 1. The minimum Gasteiger partial charge on any atom is -0.481 e. The number of hydrogen-bond acceptors (Lipinski definition) is 4. The molecule has 2 aromatic rings. The van der Waals surface area contributed by atoms with Gasteiger partial charge in [-0.1, -0.05) is 19.3 Å². The Morgan fingerprint density at radius 2 is 1.59 bits per heavy atom.